The zero-order valence-electron chi connectivity index (χ0n) is 12.3. The predicted molar refractivity (Wildman–Crippen MR) is 99.9 cm³/mol. The van der Waals surface area contributed by atoms with E-state index in [4.69, 9.17) is 0 Å². The summed E-state index contributed by atoms with van der Waals surface area (Å²) in [7, 11) is -3.59. The lowest BCUT2D eigenvalue weighted by atomic mass is 10.2. The second-order valence-corrected chi connectivity index (χ2v) is 9.55. The molecule has 0 amide bonds. The molecule has 0 aliphatic heterocycles. The summed E-state index contributed by atoms with van der Waals surface area (Å²) < 4.78 is 28.9. The van der Waals surface area contributed by atoms with Crippen LogP contribution in [0.5, 0.6) is 0 Å². The second-order valence-electron chi connectivity index (χ2n) is 5.02. The fourth-order valence-corrected chi connectivity index (χ4v) is 5.29. The van der Waals surface area contributed by atoms with Gasteiger partial charge in [-0.1, -0.05) is 15.9 Å². The fourth-order valence-electron chi connectivity index (χ4n) is 1.97. The fraction of sp³-hybridized carbons (Fsp3) is 0.133. The number of thiophene rings is 1. The average Bonchev–Trinajstić information content (AvgIpc) is 3.11. The monoisotopic (exact) mass is 428 g/mol. The number of anilines is 1. The molecule has 4 nitrogen and oxygen atoms in total. The van der Waals surface area contributed by atoms with Gasteiger partial charge >= 0.3 is 0 Å². The molecule has 0 spiro atoms. The first-order valence-corrected chi connectivity index (χ1v) is 10.7. The van der Waals surface area contributed by atoms with Gasteiger partial charge < -0.3 is 0 Å². The lowest BCUT2D eigenvalue weighted by molar-refractivity contribution is 0.603. The van der Waals surface area contributed by atoms with Crippen LogP contribution in [0.3, 0.4) is 0 Å². The second kappa shape index (κ2) is 6.35. The van der Waals surface area contributed by atoms with Crippen molar-refractivity contribution in [3.05, 3.63) is 50.8 Å². The third kappa shape index (κ3) is 3.65. The number of aromatic nitrogens is 1. The van der Waals surface area contributed by atoms with Crippen LogP contribution in [0.15, 0.2) is 43.7 Å². The molecule has 120 valence electrons. The molecule has 1 N–H and O–H groups in total. The molecule has 8 heteroatoms. The van der Waals surface area contributed by atoms with Gasteiger partial charge in [-0.2, -0.15) is 0 Å². The highest BCUT2D eigenvalue weighted by Crippen LogP contribution is 2.31. The molecule has 0 saturated carbocycles. The number of hydrogen-bond acceptors (Lipinski definition) is 5. The maximum atomic E-state index is 12.5. The van der Waals surface area contributed by atoms with Crippen LogP contribution in [0.4, 0.5) is 5.69 Å². The Labute approximate surface area is 151 Å². The summed E-state index contributed by atoms with van der Waals surface area (Å²) in [5.74, 6) is 0. The van der Waals surface area contributed by atoms with E-state index in [1.807, 2.05) is 30.7 Å². The standard InChI is InChI=1S/C15H13BrN2O2S3/c1-9-5-12(3-4-13(9)16)18-23(19,20)14-6-11(8-21-14)15-17-10(2)7-22-15/h3-8,18H,1-2H3. The Morgan fingerprint density at radius 1 is 1.13 bits per heavy atom. The Morgan fingerprint density at radius 3 is 2.57 bits per heavy atom. The number of rotatable bonds is 4. The summed E-state index contributed by atoms with van der Waals surface area (Å²) >= 11 is 6.11. The van der Waals surface area contributed by atoms with E-state index < -0.39 is 10.0 Å². The summed E-state index contributed by atoms with van der Waals surface area (Å²) in [6.45, 7) is 3.83. The summed E-state index contributed by atoms with van der Waals surface area (Å²) in [6, 6.07) is 7.01. The van der Waals surface area contributed by atoms with E-state index in [2.05, 4.69) is 25.6 Å². The first-order chi connectivity index (χ1) is 10.8. The van der Waals surface area contributed by atoms with Gasteiger partial charge in [0, 0.05) is 32.2 Å². The summed E-state index contributed by atoms with van der Waals surface area (Å²) in [4.78, 5) is 4.39. The normalized spacial score (nSPS) is 11.6. The minimum atomic E-state index is -3.59. The van der Waals surface area contributed by atoms with Gasteiger partial charge in [0.15, 0.2) is 0 Å². The van der Waals surface area contributed by atoms with Crippen molar-refractivity contribution in [2.24, 2.45) is 0 Å². The number of nitrogens with zero attached hydrogens (tertiary/aromatic N) is 1. The van der Waals surface area contributed by atoms with Gasteiger partial charge in [0.1, 0.15) is 9.22 Å². The third-order valence-electron chi connectivity index (χ3n) is 3.12. The summed E-state index contributed by atoms with van der Waals surface area (Å²) in [5.41, 5.74) is 3.28. The molecule has 0 fully saturated rings. The van der Waals surface area contributed by atoms with Crippen LogP contribution in [-0.2, 0) is 10.0 Å². The predicted octanol–water partition coefficient (Wildman–Crippen LogP) is 5.05. The Hall–Kier alpha value is -1.22. The first kappa shape index (κ1) is 16.6. The van der Waals surface area contributed by atoms with Crippen molar-refractivity contribution in [3.8, 4) is 10.6 Å². The van der Waals surface area contributed by atoms with Crippen molar-refractivity contribution >= 4 is 54.3 Å². The highest BCUT2D eigenvalue weighted by Gasteiger charge is 2.18. The van der Waals surface area contributed by atoms with Gasteiger partial charge in [0.2, 0.25) is 0 Å². The zero-order valence-corrected chi connectivity index (χ0v) is 16.4. The zero-order chi connectivity index (χ0) is 16.6. The third-order valence-corrected chi connectivity index (χ3v) is 7.84. The number of benzene rings is 1. The quantitative estimate of drug-likeness (QED) is 0.631. The molecule has 2 aromatic heterocycles. The first-order valence-electron chi connectivity index (χ1n) is 6.65. The highest BCUT2D eigenvalue weighted by atomic mass is 79.9. The molecule has 0 atom stereocenters. The van der Waals surface area contributed by atoms with E-state index in [9.17, 15) is 8.42 Å². The molecule has 0 unspecified atom stereocenters. The van der Waals surface area contributed by atoms with Crippen LogP contribution in [-0.4, -0.2) is 13.4 Å². The summed E-state index contributed by atoms with van der Waals surface area (Å²) in [6.07, 6.45) is 0. The van der Waals surface area contributed by atoms with Crippen molar-refractivity contribution in [3.63, 3.8) is 0 Å². The minimum Gasteiger partial charge on any atom is -0.279 e. The number of sulfonamides is 1. The van der Waals surface area contributed by atoms with Crippen molar-refractivity contribution in [1.82, 2.24) is 4.98 Å². The van der Waals surface area contributed by atoms with E-state index in [0.717, 1.165) is 26.3 Å². The largest absolute Gasteiger partial charge is 0.279 e. The lowest BCUT2D eigenvalue weighted by Gasteiger charge is -2.07. The average molecular weight is 429 g/mol. The van der Waals surface area contributed by atoms with Crippen molar-refractivity contribution < 1.29 is 8.42 Å². The Morgan fingerprint density at radius 2 is 1.91 bits per heavy atom. The van der Waals surface area contributed by atoms with Crippen LogP contribution < -0.4 is 4.72 Å². The number of halogens is 1. The van der Waals surface area contributed by atoms with E-state index in [1.165, 1.54) is 22.7 Å². The van der Waals surface area contributed by atoms with Gasteiger partial charge in [-0.15, -0.1) is 22.7 Å². The molecule has 1 aromatic carbocycles. The maximum absolute atomic E-state index is 12.5. The van der Waals surface area contributed by atoms with E-state index in [0.29, 0.717) is 5.69 Å². The van der Waals surface area contributed by atoms with Gasteiger partial charge in [-0.05, 0) is 43.7 Å². The van der Waals surface area contributed by atoms with E-state index in [1.54, 1.807) is 18.2 Å². The molecule has 3 rings (SSSR count). The Kier molecular flexibility index (Phi) is 4.59. The molecule has 0 radical (unpaired) electrons. The number of nitrogens with one attached hydrogen (secondary N) is 1. The number of thiazole rings is 1. The molecule has 23 heavy (non-hydrogen) atoms. The van der Waals surface area contributed by atoms with Crippen molar-refractivity contribution in [2.45, 2.75) is 18.1 Å². The molecular weight excluding hydrogens is 416 g/mol. The van der Waals surface area contributed by atoms with Crippen LogP contribution in [0.2, 0.25) is 0 Å². The van der Waals surface area contributed by atoms with E-state index >= 15 is 0 Å². The molecular formula is C15H13BrN2O2S3. The molecule has 0 aliphatic carbocycles. The Bertz CT molecular complexity index is 961. The van der Waals surface area contributed by atoms with Gasteiger partial charge in [-0.3, -0.25) is 4.72 Å². The highest BCUT2D eigenvalue weighted by molar-refractivity contribution is 9.10. The maximum Gasteiger partial charge on any atom is 0.271 e. The SMILES string of the molecule is Cc1csc(-c2csc(S(=O)(=O)Nc3ccc(Br)c(C)c3)c2)n1. The number of aryl methyl sites for hydroxylation is 2. The molecule has 2 heterocycles. The number of hydrogen-bond donors (Lipinski definition) is 1. The van der Waals surface area contributed by atoms with E-state index in [-0.39, 0.29) is 4.21 Å². The molecule has 0 bridgehead atoms. The molecule has 0 saturated heterocycles. The van der Waals surface area contributed by atoms with Crippen molar-refractivity contribution in [1.29, 1.82) is 0 Å². The van der Waals surface area contributed by atoms with Crippen LogP contribution >= 0.6 is 38.6 Å². The minimum absolute atomic E-state index is 0.279. The van der Waals surface area contributed by atoms with Crippen LogP contribution in [0.25, 0.3) is 10.6 Å². The van der Waals surface area contributed by atoms with Crippen molar-refractivity contribution in [2.75, 3.05) is 4.72 Å². The van der Waals surface area contributed by atoms with Crippen LogP contribution in [0, 0.1) is 13.8 Å². The van der Waals surface area contributed by atoms with Gasteiger partial charge in [0.25, 0.3) is 10.0 Å². The van der Waals surface area contributed by atoms with Crippen LogP contribution in [0.1, 0.15) is 11.3 Å². The lowest BCUT2D eigenvalue weighted by Crippen LogP contribution is -2.11. The molecule has 3 aromatic rings. The topological polar surface area (TPSA) is 59.1 Å². The smallest absolute Gasteiger partial charge is 0.271 e. The Balaban J connectivity index is 1.88. The molecule has 0 aliphatic rings. The van der Waals surface area contributed by atoms with Gasteiger partial charge in [0.05, 0.1) is 0 Å². The van der Waals surface area contributed by atoms with Gasteiger partial charge in [-0.25, -0.2) is 13.4 Å². The summed E-state index contributed by atoms with van der Waals surface area (Å²) in [5, 5.41) is 4.60.